The number of hydrogen-bond donors (Lipinski definition) is 0. The van der Waals surface area contributed by atoms with E-state index in [1.807, 2.05) is 18.2 Å². The Balaban J connectivity index is 3.26. The van der Waals surface area contributed by atoms with Crippen molar-refractivity contribution in [1.82, 2.24) is 0 Å². The molecule has 0 aliphatic carbocycles. The third-order valence-electron chi connectivity index (χ3n) is 4.74. The summed E-state index contributed by atoms with van der Waals surface area (Å²) < 4.78 is 0. The fraction of sp³-hybridized carbons (Fsp3) is 0.591. The Morgan fingerprint density at radius 1 is 0.875 bits per heavy atom. The van der Waals surface area contributed by atoms with Crippen molar-refractivity contribution in [3.8, 4) is 0 Å². The molecule has 0 aromatic heterocycles. The van der Waals surface area contributed by atoms with E-state index in [1.165, 1.54) is 57.0 Å². The first-order valence-electron chi connectivity index (χ1n) is 9.73. The van der Waals surface area contributed by atoms with Gasteiger partial charge in [-0.25, -0.2) is 0 Å². The summed E-state index contributed by atoms with van der Waals surface area (Å²) in [4.78, 5) is 12.4. The second-order valence-electron chi connectivity index (χ2n) is 6.92. The van der Waals surface area contributed by atoms with Crippen molar-refractivity contribution >= 4 is 18.6 Å². The Bertz CT molecular complexity index is 482. The first-order valence-corrected chi connectivity index (χ1v) is 12.1. The molecule has 2 heteroatoms. The lowest BCUT2D eigenvalue weighted by Crippen LogP contribution is -2.09. The lowest BCUT2D eigenvalue weighted by molar-refractivity contribution is -0.111. The Morgan fingerprint density at radius 3 is 1.71 bits per heavy atom. The van der Waals surface area contributed by atoms with Crippen LogP contribution in [-0.2, 0) is 4.79 Å². The summed E-state index contributed by atoms with van der Waals surface area (Å²) in [6.07, 6.45) is 11.5. The van der Waals surface area contributed by atoms with Gasteiger partial charge in [0.2, 0.25) is 0 Å². The molecule has 134 valence electrons. The molecule has 0 spiro atoms. The smallest absolute Gasteiger partial charge is 0.163 e. The van der Waals surface area contributed by atoms with Gasteiger partial charge in [0.15, 0.2) is 5.78 Å². The normalized spacial score (nSPS) is 12.4. The summed E-state index contributed by atoms with van der Waals surface area (Å²) in [5.74, 6) is 2.68. The van der Waals surface area contributed by atoms with E-state index in [4.69, 9.17) is 0 Å². The van der Waals surface area contributed by atoms with Crippen molar-refractivity contribution in [2.45, 2.75) is 66.2 Å². The second kappa shape index (κ2) is 11.6. The predicted molar refractivity (Wildman–Crippen MR) is 111 cm³/mol. The van der Waals surface area contributed by atoms with Crippen LogP contribution in [0.15, 0.2) is 36.1 Å². The van der Waals surface area contributed by atoms with Gasteiger partial charge in [-0.1, -0.05) is 70.4 Å². The highest BCUT2D eigenvalue weighted by atomic mass is 31.2. The van der Waals surface area contributed by atoms with E-state index >= 15 is 0 Å². The molecule has 1 aromatic carbocycles. The number of carbonyl (C=O) groups is 1. The Labute approximate surface area is 150 Å². The van der Waals surface area contributed by atoms with Crippen LogP contribution in [0, 0.1) is 0 Å². The van der Waals surface area contributed by atoms with Crippen LogP contribution in [0.2, 0.25) is 0 Å². The van der Waals surface area contributed by atoms with E-state index in [1.54, 1.807) is 6.92 Å². The van der Waals surface area contributed by atoms with E-state index in [9.17, 15) is 4.79 Å². The minimum atomic E-state index is -1.20. The number of carbonyl (C=O) groups excluding carboxylic acids is 1. The lowest BCUT2D eigenvalue weighted by atomic mass is 10.1. The van der Waals surface area contributed by atoms with Crippen LogP contribution >= 0.6 is 7.26 Å². The van der Waals surface area contributed by atoms with Crippen LogP contribution < -0.4 is 0 Å². The van der Waals surface area contributed by atoms with Gasteiger partial charge in [-0.2, -0.15) is 0 Å². The Kier molecular flexibility index (Phi) is 10.2. The Morgan fingerprint density at radius 2 is 1.33 bits per heavy atom. The van der Waals surface area contributed by atoms with E-state index < -0.39 is 7.26 Å². The van der Waals surface area contributed by atoms with Crippen molar-refractivity contribution in [1.29, 1.82) is 0 Å². The molecule has 0 aliphatic rings. The van der Waals surface area contributed by atoms with Crippen LogP contribution in [0.1, 0.15) is 71.8 Å². The number of benzene rings is 1. The van der Waals surface area contributed by atoms with E-state index in [0.29, 0.717) is 0 Å². The molecule has 0 fully saturated rings. The molecule has 0 saturated heterocycles. The first kappa shape index (κ1) is 21.1. The van der Waals surface area contributed by atoms with E-state index in [-0.39, 0.29) is 5.78 Å². The zero-order valence-electron chi connectivity index (χ0n) is 16.2. The topological polar surface area (TPSA) is 17.1 Å². The number of unbranched alkanes of at least 4 members (excludes halogenated alkanes) is 3. The quantitative estimate of drug-likeness (QED) is 0.293. The fourth-order valence-electron chi connectivity index (χ4n) is 3.21. The first-order chi connectivity index (χ1) is 11.6. The molecular formula is C22H36OP+. The van der Waals surface area contributed by atoms with Crippen LogP contribution in [0.3, 0.4) is 0 Å². The number of hydrogen-bond acceptors (Lipinski definition) is 1. The largest absolute Gasteiger partial charge is 0.294 e. The highest BCUT2D eigenvalue weighted by Crippen LogP contribution is 2.63. The molecule has 0 unspecified atom stereocenters. The summed E-state index contributed by atoms with van der Waals surface area (Å²) in [7, 11) is -1.20. The summed E-state index contributed by atoms with van der Waals surface area (Å²) in [5, 5.41) is 0. The monoisotopic (exact) mass is 347 g/mol. The van der Waals surface area contributed by atoms with Crippen LogP contribution in [0.25, 0.3) is 5.57 Å². The maximum Gasteiger partial charge on any atom is 0.163 e. The van der Waals surface area contributed by atoms with Crippen molar-refractivity contribution < 1.29 is 4.79 Å². The highest BCUT2D eigenvalue weighted by Gasteiger charge is 2.34. The summed E-state index contributed by atoms with van der Waals surface area (Å²) in [6.45, 7) is 8.57. The van der Waals surface area contributed by atoms with Gasteiger partial charge >= 0.3 is 0 Å². The van der Waals surface area contributed by atoms with Crippen LogP contribution in [0.4, 0.5) is 0 Å². The minimum absolute atomic E-state index is 0.218. The molecule has 24 heavy (non-hydrogen) atoms. The Hall–Kier alpha value is -0.940. The maximum absolute atomic E-state index is 12.4. The molecule has 0 radical (unpaired) electrons. The van der Waals surface area contributed by atoms with Crippen molar-refractivity contribution in [2.24, 2.45) is 0 Å². The molecule has 1 rings (SSSR count). The predicted octanol–water partition coefficient (Wildman–Crippen LogP) is 7.03. The maximum atomic E-state index is 12.4. The zero-order chi connectivity index (χ0) is 17.8. The number of allylic oxidation sites excluding steroid dienone is 1. The molecule has 0 aliphatic heterocycles. The standard InChI is InChI=1S/C22H36OP/c1-5-8-16-24(17-9-6-2,18-10-7-3)19-22(20(4)23)21-14-12-11-13-15-21/h11-15,19H,5-10,16-18H2,1-4H3/q+1. The van der Waals surface area contributed by atoms with Gasteiger partial charge in [0, 0.05) is 7.26 Å². The lowest BCUT2D eigenvalue weighted by Gasteiger charge is -2.25. The van der Waals surface area contributed by atoms with E-state index in [2.05, 4.69) is 38.7 Å². The summed E-state index contributed by atoms with van der Waals surface area (Å²) >= 11 is 0. The third kappa shape index (κ3) is 6.89. The summed E-state index contributed by atoms with van der Waals surface area (Å²) in [6, 6.07) is 10.3. The number of rotatable bonds is 12. The molecule has 0 bridgehead atoms. The molecule has 0 saturated carbocycles. The molecule has 0 amide bonds. The number of Topliss-reactive ketones (excluding diaryl/α,β-unsaturated/α-hetero) is 1. The van der Waals surface area contributed by atoms with Gasteiger partial charge in [-0.15, -0.1) is 0 Å². The zero-order valence-corrected chi connectivity index (χ0v) is 17.1. The molecule has 1 nitrogen and oxygen atoms in total. The van der Waals surface area contributed by atoms with Gasteiger partial charge in [-0.3, -0.25) is 4.79 Å². The van der Waals surface area contributed by atoms with Crippen LogP contribution in [0.5, 0.6) is 0 Å². The molecule has 0 N–H and O–H groups in total. The average molecular weight is 348 g/mol. The molecule has 1 aromatic rings. The van der Waals surface area contributed by atoms with E-state index in [0.717, 1.165) is 11.1 Å². The average Bonchev–Trinajstić information content (AvgIpc) is 2.61. The van der Waals surface area contributed by atoms with Crippen molar-refractivity contribution in [3.05, 3.63) is 41.7 Å². The van der Waals surface area contributed by atoms with Gasteiger partial charge < -0.3 is 0 Å². The van der Waals surface area contributed by atoms with Crippen molar-refractivity contribution in [3.63, 3.8) is 0 Å². The van der Waals surface area contributed by atoms with Gasteiger partial charge in [0.1, 0.15) is 0 Å². The van der Waals surface area contributed by atoms with Gasteiger partial charge in [-0.05, 0) is 31.7 Å². The fourth-order valence-corrected chi connectivity index (χ4v) is 7.98. The second-order valence-corrected chi connectivity index (χ2v) is 11.0. The van der Waals surface area contributed by atoms with Gasteiger partial charge in [0.05, 0.1) is 29.9 Å². The van der Waals surface area contributed by atoms with Crippen molar-refractivity contribution in [2.75, 3.05) is 18.5 Å². The van der Waals surface area contributed by atoms with Gasteiger partial charge in [0.25, 0.3) is 0 Å². The molecular weight excluding hydrogens is 311 g/mol. The SMILES string of the molecule is CCCC[P+](C=C(C(C)=O)c1ccccc1)(CCCC)CCCC. The highest BCUT2D eigenvalue weighted by molar-refractivity contribution is 7.79. The molecule has 0 atom stereocenters. The molecule has 0 heterocycles. The third-order valence-corrected chi connectivity index (χ3v) is 9.16. The number of ketones is 1. The summed E-state index contributed by atoms with van der Waals surface area (Å²) in [5.41, 5.74) is 2.06. The minimum Gasteiger partial charge on any atom is -0.294 e. The van der Waals surface area contributed by atoms with Crippen LogP contribution in [-0.4, -0.2) is 24.3 Å².